The molecule has 10 nitrogen and oxygen atoms in total. The second-order valence-electron chi connectivity index (χ2n) is 9.14. The number of aromatic nitrogens is 3. The van der Waals surface area contributed by atoms with Crippen molar-refractivity contribution >= 4 is 29.2 Å². The molecule has 4 rings (SSSR count). The second-order valence-corrected chi connectivity index (χ2v) is 9.14. The van der Waals surface area contributed by atoms with Gasteiger partial charge in [0.2, 0.25) is 5.88 Å². The van der Waals surface area contributed by atoms with Crippen LogP contribution in [0, 0.1) is 0 Å². The van der Waals surface area contributed by atoms with Crippen molar-refractivity contribution in [1.29, 1.82) is 0 Å². The van der Waals surface area contributed by atoms with Crippen molar-refractivity contribution in [2.24, 2.45) is 5.73 Å². The van der Waals surface area contributed by atoms with Crippen molar-refractivity contribution in [3.8, 4) is 22.9 Å². The minimum Gasteiger partial charge on any atom is -0.481 e. The van der Waals surface area contributed by atoms with E-state index < -0.39 is 17.5 Å². The molecular formula is C27H28N6O4. The van der Waals surface area contributed by atoms with E-state index >= 15 is 0 Å². The highest BCUT2D eigenvalue weighted by Crippen LogP contribution is 2.35. The summed E-state index contributed by atoms with van der Waals surface area (Å²) in [6.45, 7) is 5.91. The van der Waals surface area contributed by atoms with Gasteiger partial charge in [0, 0.05) is 29.2 Å². The molecule has 37 heavy (non-hydrogen) atoms. The first-order chi connectivity index (χ1) is 17.7. The topological polar surface area (TPSA) is 133 Å². The van der Waals surface area contributed by atoms with Crippen LogP contribution in [0.5, 0.6) is 11.6 Å². The zero-order chi connectivity index (χ0) is 26.6. The summed E-state index contributed by atoms with van der Waals surface area (Å²) >= 11 is 0. The number of hydrogen-bond acceptors (Lipinski definition) is 7. The summed E-state index contributed by atoms with van der Waals surface area (Å²) in [5, 5.41) is 10.7. The van der Waals surface area contributed by atoms with Crippen LogP contribution < -0.4 is 25.8 Å². The molecule has 2 aromatic heterocycles. The van der Waals surface area contributed by atoms with E-state index in [1.54, 1.807) is 71.5 Å². The predicted molar refractivity (Wildman–Crippen MR) is 141 cm³/mol. The van der Waals surface area contributed by atoms with E-state index in [0.29, 0.717) is 40.1 Å². The largest absolute Gasteiger partial charge is 0.481 e. The quantitative estimate of drug-likeness (QED) is 0.319. The number of primary amides is 1. The molecular weight excluding hydrogens is 472 g/mol. The van der Waals surface area contributed by atoms with Gasteiger partial charge in [0.25, 0.3) is 5.91 Å². The second kappa shape index (κ2) is 10.4. The molecule has 4 N–H and O–H groups in total. The van der Waals surface area contributed by atoms with Crippen LogP contribution >= 0.6 is 0 Å². The van der Waals surface area contributed by atoms with Gasteiger partial charge in [0.15, 0.2) is 0 Å². The van der Waals surface area contributed by atoms with Gasteiger partial charge >= 0.3 is 6.09 Å². The fourth-order valence-corrected chi connectivity index (χ4v) is 3.64. The average Bonchev–Trinajstić information content (AvgIpc) is 3.25. The van der Waals surface area contributed by atoms with Crippen LogP contribution in [-0.4, -0.2) is 33.9 Å². The molecule has 190 valence electrons. The maximum atomic E-state index is 12.7. The molecule has 0 radical (unpaired) electrons. The number of nitrogens with two attached hydrogens (primary N) is 1. The van der Waals surface area contributed by atoms with Crippen molar-refractivity contribution in [1.82, 2.24) is 14.8 Å². The van der Waals surface area contributed by atoms with Gasteiger partial charge in [-0.15, -0.1) is 0 Å². The van der Waals surface area contributed by atoms with E-state index in [1.807, 2.05) is 26.8 Å². The molecule has 10 heteroatoms. The van der Waals surface area contributed by atoms with Crippen molar-refractivity contribution < 1.29 is 19.1 Å². The summed E-state index contributed by atoms with van der Waals surface area (Å²) in [6, 6.07) is 19.1. The number of carbonyl (C=O) groups is 2. The Morgan fingerprint density at radius 1 is 0.973 bits per heavy atom. The Balaban J connectivity index is 1.66. The summed E-state index contributed by atoms with van der Waals surface area (Å²) < 4.78 is 12.2. The molecule has 0 atom stereocenters. The number of methoxy groups -OCH3 is 1. The lowest BCUT2D eigenvalue weighted by atomic mass is 10.1. The van der Waals surface area contributed by atoms with Gasteiger partial charge in [0.05, 0.1) is 12.6 Å². The Morgan fingerprint density at radius 3 is 2.30 bits per heavy atom. The Labute approximate surface area is 214 Å². The van der Waals surface area contributed by atoms with Gasteiger partial charge in [-0.3, -0.25) is 10.1 Å². The summed E-state index contributed by atoms with van der Waals surface area (Å²) in [6.07, 6.45) is 0.978. The Morgan fingerprint density at radius 2 is 1.68 bits per heavy atom. The van der Waals surface area contributed by atoms with Gasteiger partial charge in [-0.1, -0.05) is 30.3 Å². The number of amides is 2. The minimum absolute atomic E-state index is 0.231. The third-order valence-corrected chi connectivity index (χ3v) is 5.33. The molecule has 2 amide bonds. The summed E-state index contributed by atoms with van der Waals surface area (Å²) in [7, 11) is 1.53. The van der Waals surface area contributed by atoms with Crippen LogP contribution in [0.2, 0.25) is 0 Å². The van der Waals surface area contributed by atoms with Crippen LogP contribution in [0.3, 0.4) is 0 Å². The van der Waals surface area contributed by atoms with Crippen LogP contribution in [-0.2, 0) is 5.54 Å². The molecule has 0 spiro atoms. The third kappa shape index (κ3) is 5.87. The van der Waals surface area contributed by atoms with E-state index in [-0.39, 0.29) is 5.56 Å². The number of nitrogens with zero attached hydrogens (tertiary/aromatic N) is 3. The first kappa shape index (κ1) is 25.2. The molecule has 0 saturated carbocycles. The lowest BCUT2D eigenvalue weighted by Crippen LogP contribution is -2.25. The molecule has 2 aromatic carbocycles. The summed E-state index contributed by atoms with van der Waals surface area (Å²) in [4.78, 5) is 29.0. The normalized spacial score (nSPS) is 11.0. The van der Waals surface area contributed by atoms with Gasteiger partial charge in [-0.05, 0) is 51.1 Å². The van der Waals surface area contributed by atoms with Gasteiger partial charge < -0.3 is 20.5 Å². The molecule has 0 aliphatic heterocycles. The van der Waals surface area contributed by atoms with E-state index in [1.165, 1.54) is 7.11 Å². The van der Waals surface area contributed by atoms with Crippen molar-refractivity contribution in [2.45, 2.75) is 26.3 Å². The van der Waals surface area contributed by atoms with Crippen LogP contribution in [0.15, 0.2) is 72.9 Å². The number of carbonyl (C=O) groups excluding carboxylic acids is 2. The number of benzene rings is 2. The zero-order valence-corrected chi connectivity index (χ0v) is 21.0. The molecule has 4 aromatic rings. The van der Waals surface area contributed by atoms with Gasteiger partial charge in [0.1, 0.15) is 22.8 Å². The highest BCUT2D eigenvalue weighted by molar-refractivity contribution is 6.04. The van der Waals surface area contributed by atoms with E-state index in [4.69, 9.17) is 20.3 Å². The standard InChI is InChI=1S/C27H28N6O4/c1-27(2,3)33-25(30-19-14-15-29-21(16-19)36-4)22(24(28)34)23(32-33)17-10-12-18(13-11-17)31-26(35)37-20-8-6-5-7-9-20/h5-16H,1-4H3,(H2,28,34)(H,29,30)(H,31,35). The van der Waals surface area contributed by atoms with Crippen molar-refractivity contribution in [3.63, 3.8) is 0 Å². The van der Waals surface area contributed by atoms with E-state index in [0.717, 1.165) is 0 Å². The van der Waals surface area contributed by atoms with E-state index in [2.05, 4.69) is 15.6 Å². The highest BCUT2D eigenvalue weighted by atomic mass is 16.6. The molecule has 0 bridgehead atoms. The van der Waals surface area contributed by atoms with Gasteiger partial charge in [-0.2, -0.15) is 5.10 Å². The SMILES string of the molecule is COc1cc(Nc2c(C(N)=O)c(-c3ccc(NC(=O)Oc4ccccc4)cc3)nn2C(C)(C)C)ccn1. The predicted octanol–water partition coefficient (Wildman–Crippen LogP) is 5.16. The van der Waals surface area contributed by atoms with Crippen LogP contribution in [0.4, 0.5) is 22.0 Å². The summed E-state index contributed by atoms with van der Waals surface area (Å²) in [5.74, 6) is 0.656. The van der Waals surface area contributed by atoms with Crippen LogP contribution in [0.1, 0.15) is 31.1 Å². The zero-order valence-electron chi connectivity index (χ0n) is 21.0. The van der Waals surface area contributed by atoms with E-state index in [9.17, 15) is 9.59 Å². The maximum Gasteiger partial charge on any atom is 0.417 e. The lowest BCUT2D eigenvalue weighted by Gasteiger charge is -2.23. The van der Waals surface area contributed by atoms with Crippen molar-refractivity contribution in [2.75, 3.05) is 17.7 Å². The molecule has 0 saturated heterocycles. The Kier molecular flexibility index (Phi) is 7.10. The lowest BCUT2D eigenvalue weighted by molar-refractivity contribution is 0.100. The molecule has 2 heterocycles. The summed E-state index contributed by atoms with van der Waals surface area (Å²) in [5.41, 5.74) is 7.82. The first-order valence-electron chi connectivity index (χ1n) is 11.5. The maximum absolute atomic E-state index is 12.7. The number of nitrogens with one attached hydrogen (secondary N) is 2. The highest BCUT2D eigenvalue weighted by Gasteiger charge is 2.29. The Hall–Kier alpha value is -4.86. The average molecular weight is 501 g/mol. The number of rotatable bonds is 7. The smallest absolute Gasteiger partial charge is 0.417 e. The van der Waals surface area contributed by atoms with Crippen molar-refractivity contribution in [3.05, 3.63) is 78.5 Å². The fourth-order valence-electron chi connectivity index (χ4n) is 3.64. The molecule has 0 fully saturated rings. The Bertz CT molecular complexity index is 1410. The number of hydrogen-bond donors (Lipinski definition) is 3. The minimum atomic E-state index is -0.636. The third-order valence-electron chi connectivity index (χ3n) is 5.33. The molecule has 0 aliphatic rings. The van der Waals surface area contributed by atoms with Gasteiger partial charge in [-0.25, -0.2) is 14.5 Å². The number of ether oxygens (including phenoxy) is 2. The molecule has 0 unspecified atom stereocenters. The first-order valence-corrected chi connectivity index (χ1v) is 11.5. The number of para-hydroxylation sites is 1. The number of anilines is 3. The monoisotopic (exact) mass is 500 g/mol. The number of pyridine rings is 1. The van der Waals surface area contributed by atoms with Crippen LogP contribution in [0.25, 0.3) is 11.3 Å². The molecule has 0 aliphatic carbocycles. The fraction of sp³-hybridized carbons (Fsp3) is 0.185.